The highest BCUT2D eigenvalue weighted by Crippen LogP contribution is 2.39. The molecule has 0 saturated carbocycles. The van der Waals surface area contributed by atoms with Crippen LogP contribution in [0, 0.1) is 0 Å². The van der Waals surface area contributed by atoms with Gasteiger partial charge in [0.15, 0.2) is 0 Å². The third-order valence-electron chi connectivity index (χ3n) is 4.99. The number of nitrogens with one attached hydrogen (secondary N) is 2. The van der Waals surface area contributed by atoms with Gasteiger partial charge in [-0.3, -0.25) is 4.79 Å². The highest BCUT2D eigenvalue weighted by Gasteiger charge is 2.35. The third kappa shape index (κ3) is 3.94. The number of fused-ring (bicyclic) bond motifs is 1. The first-order chi connectivity index (χ1) is 15.1. The summed E-state index contributed by atoms with van der Waals surface area (Å²) in [5.74, 6) is 1.44. The molecule has 0 aliphatic carbocycles. The van der Waals surface area contributed by atoms with Crippen molar-refractivity contribution in [3.05, 3.63) is 65.4 Å². The quantitative estimate of drug-likeness (QED) is 0.604. The van der Waals surface area contributed by atoms with Crippen LogP contribution in [0.25, 0.3) is 0 Å². The number of carbonyl (C=O) groups excluding carboxylic acids is 1. The Hall–Kier alpha value is -3.88. The fraction of sp³-hybridized carbons (Fsp3) is 0.273. The average Bonchev–Trinajstić information content (AvgIpc) is 3.25. The Morgan fingerprint density at radius 2 is 1.90 bits per heavy atom. The molecule has 1 aromatic heterocycles. The van der Waals surface area contributed by atoms with Crippen molar-refractivity contribution in [3.63, 3.8) is 0 Å². The molecule has 0 saturated heterocycles. The van der Waals surface area contributed by atoms with Gasteiger partial charge in [-0.1, -0.05) is 42.4 Å². The van der Waals surface area contributed by atoms with Crippen LogP contribution in [0.1, 0.15) is 31.9 Å². The molecule has 1 aliphatic rings. The minimum absolute atomic E-state index is 0.286. The number of nitrogens with zero attached hydrogens (tertiary/aromatic N) is 4. The van der Waals surface area contributed by atoms with Gasteiger partial charge in [-0.15, -0.1) is 0 Å². The van der Waals surface area contributed by atoms with Crippen molar-refractivity contribution in [3.8, 4) is 11.5 Å². The molecule has 0 bridgehead atoms. The van der Waals surface area contributed by atoms with Gasteiger partial charge in [0.2, 0.25) is 5.95 Å². The Morgan fingerprint density at radius 1 is 1.16 bits per heavy atom. The van der Waals surface area contributed by atoms with E-state index >= 15 is 0 Å². The molecule has 1 aliphatic heterocycles. The number of rotatable bonds is 7. The summed E-state index contributed by atoms with van der Waals surface area (Å²) >= 11 is 0. The SMILES string of the molecule is CCCOc1ccccc1C1C(C(=O)Nc2ccccc2OC)=C(C)Nc2nnnn21. The van der Waals surface area contributed by atoms with Crippen molar-refractivity contribution >= 4 is 17.5 Å². The third-order valence-corrected chi connectivity index (χ3v) is 4.99. The van der Waals surface area contributed by atoms with Crippen LogP contribution in [0.4, 0.5) is 11.6 Å². The van der Waals surface area contributed by atoms with Gasteiger partial charge in [0.1, 0.15) is 17.5 Å². The summed E-state index contributed by atoms with van der Waals surface area (Å²) < 4.78 is 12.9. The molecule has 1 unspecified atom stereocenters. The van der Waals surface area contributed by atoms with Crippen LogP contribution in [0.2, 0.25) is 0 Å². The van der Waals surface area contributed by atoms with E-state index in [1.807, 2.05) is 50.2 Å². The molecule has 9 heteroatoms. The van der Waals surface area contributed by atoms with E-state index in [9.17, 15) is 4.79 Å². The number of benzene rings is 2. The molecule has 9 nitrogen and oxygen atoms in total. The van der Waals surface area contributed by atoms with Crippen LogP contribution >= 0.6 is 0 Å². The molecular weight excluding hydrogens is 396 g/mol. The lowest BCUT2D eigenvalue weighted by Gasteiger charge is -2.29. The van der Waals surface area contributed by atoms with Crippen LogP contribution in [0.3, 0.4) is 0 Å². The molecule has 0 spiro atoms. The normalized spacial score (nSPS) is 15.1. The van der Waals surface area contributed by atoms with E-state index in [0.29, 0.717) is 41.0 Å². The van der Waals surface area contributed by atoms with Crippen molar-refractivity contribution in [1.29, 1.82) is 0 Å². The lowest BCUT2D eigenvalue weighted by molar-refractivity contribution is -0.113. The second-order valence-electron chi connectivity index (χ2n) is 7.05. The predicted molar refractivity (Wildman–Crippen MR) is 116 cm³/mol. The summed E-state index contributed by atoms with van der Waals surface area (Å²) in [5.41, 5.74) is 2.52. The first-order valence-electron chi connectivity index (χ1n) is 10.1. The van der Waals surface area contributed by atoms with Crippen molar-refractivity contribution in [2.45, 2.75) is 26.3 Å². The number of amides is 1. The van der Waals surface area contributed by atoms with Crippen molar-refractivity contribution < 1.29 is 14.3 Å². The van der Waals surface area contributed by atoms with Crippen molar-refractivity contribution in [2.75, 3.05) is 24.4 Å². The zero-order valence-corrected chi connectivity index (χ0v) is 17.6. The van der Waals surface area contributed by atoms with Crippen LogP contribution in [0.15, 0.2) is 59.8 Å². The van der Waals surface area contributed by atoms with Crippen LogP contribution in [-0.2, 0) is 4.79 Å². The van der Waals surface area contributed by atoms with Crippen molar-refractivity contribution in [2.24, 2.45) is 0 Å². The van der Waals surface area contributed by atoms with E-state index in [1.165, 1.54) is 0 Å². The number of allylic oxidation sites excluding steroid dienone is 1. The van der Waals surface area contributed by atoms with Gasteiger partial charge in [0.25, 0.3) is 5.91 Å². The maximum Gasteiger partial charge on any atom is 0.255 e. The summed E-state index contributed by atoms with van der Waals surface area (Å²) in [6, 6.07) is 14.3. The maximum atomic E-state index is 13.5. The molecular formula is C22H24N6O3. The van der Waals surface area contributed by atoms with Gasteiger partial charge in [-0.2, -0.15) is 4.68 Å². The minimum Gasteiger partial charge on any atom is -0.495 e. The Kier molecular flexibility index (Phi) is 5.83. The van der Waals surface area contributed by atoms with E-state index < -0.39 is 6.04 Å². The van der Waals surface area contributed by atoms with Crippen LogP contribution in [-0.4, -0.2) is 39.8 Å². The number of anilines is 2. The Bertz CT molecular complexity index is 1120. The van der Waals surface area contributed by atoms with E-state index in [0.717, 1.165) is 12.0 Å². The maximum absolute atomic E-state index is 13.5. The number of para-hydroxylation sites is 3. The first kappa shape index (κ1) is 20.4. The summed E-state index contributed by atoms with van der Waals surface area (Å²) in [4.78, 5) is 13.5. The lowest BCUT2D eigenvalue weighted by atomic mass is 9.94. The van der Waals surface area contributed by atoms with E-state index in [-0.39, 0.29) is 5.91 Å². The molecule has 0 fully saturated rings. The summed E-state index contributed by atoms with van der Waals surface area (Å²) in [7, 11) is 1.56. The number of carbonyl (C=O) groups is 1. The molecule has 3 aromatic rings. The molecule has 160 valence electrons. The summed E-state index contributed by atoms with van der Waals surface area (Å²) in [6.45, 7) is 4.44. The second-order valence-corrected chi connectivity index (χ2v) is 7.05. The lowest BCUT2D eigenvalue weighted by Crippen LogP contribution is -2.32. The number of methoxy groups -OCH3 is 1. The first-order valence-corrected chi connectivity index (χ1v) is 10.1. The fourth-order valence-electron chi connectivity index (χ4n) is 3.58. The van der Waals surface area contributed by atoms with Gasteiger partial charge in [-0.05, 0) is 42.0 Å². The standard InChI is InChI=1S/C22H24N6O3/c1-4-13-31-17-11-7-5-9-15(17)20-19(14(2)23-22-25-26-27-28(20)22)21(29)24-16-10-6-8-12-18(16)30-3/h5-12,20H,4,13H2,1-3H3,(H,24,29)(H,23,25,27). The molecule has 2 N–H and O–H groups in total. The topological polar surface area (TPSA) is 103 Å². The van der Waals surface area contributed by atoms with Gasteiger partial charge >= 0.3 is 0 Å². The van der Waals surface area contributed by atoms with Gasteiger partial charge in [0.05, 0.1) is 25.0 Å². The molecule has 31 heavy (non-hydrogen) atoms. The minimum atomic E-state index is -0.561. The molecule has 1 amide bonds. The summed E-state index contributed by atoms with van der Waals surface area (Å²) in [5, 5.41) is 18.1. The summed E-state index contributed by atoms with van der Waals surface area (Å²) in [6.07, 6.45) is 0.868. The molecule has 2 aromatic carbocycles. The average molecular weight is 420 g/mol. The Morgan fingerprint density at radius 3 is 2.68 bits per heavy atom. The number of ether oxygens (including phenoxy) is 2. The number of tetrazole rings is 1. The Labute approximate surface area is 180 Å². The highest BCUT2D eigenvalue weighted by atomic mass is 16.5. The van der Waals surface area contributed by atoms with E-state index in [1.54, 1.807) is 23.9 Å². The predicted octanol–water partition coefficient (Wildman–Crippen LogP) is 3.40. The number of hydrogen-bond donors (Lipinski definition) is 2. The van der Waals surface area contributed by atoms with Gasteiger partial charge < -0.3 is 20.1 Å². The number of hydrogen-bond acceptors (Lipinski definition) is 7. The number of aromatic nitrogens is 4. The van der Waals surface area contributed by atoms with E-state index in [2.05, 4.69) is 26.2 Å². The molecule has 0 radical (unpaired) electrons. The van der Waals surface area contributed by atoms with Gasteiger partial charge in [0, 0.05) is 11.3 Å². The smallest absolute Gasteiger partial charge is 0.255 e. The monoisotopic (exact) mass is 420 g/mol. The largest absolute Gasteiger partial charge is 0.495 e. The molecule has 2 heterocycles. The molecule has 1 atom stereocenters. The van der Waals surface area contributed by atoms with E-state index in [4.69, 9.17) is 9.47 Å². The Balaban J connectivity index is 1.78. The second kappa shape index (κ2) is 8.86. The fourth-order valence-corrected chi connectivity index (χ4v) is 3.58. The van der Waals surface area contributed by atoms with Crippen LogP contribution in [0.5, 0.6) is 11.5 Å². The highest BCUT2D eigenvalue weighted by molar-refractivity contribution is 6.06. The van der Waals surface area contributed by atoms with Crippen molar-refractivity contribution in [1.82, 2.24) is 20.2 Å². The molecule has 4 rings (SSSR count). The van der Waals surface area contributed by atoms with Gasteiger partial charge in [-0.25, -0.2) is 0 Å². The zero-order chi connectivity index (χ0) is 21.8. The van der Waals surface area contributed by atoms with Crippen LogP contribution < -0.4 is 20.1 Å². The zero-order valence-electron chi connectivity index (χ0n) is 17.6.